The Morgan fingerprint density at radius 3 is 2.65 bits per heavy atom. The van der Waals surface area contributed by atoms with Crippen molar-refractivity contribution in [3.05, 3.63) is 55.0 Å². The first-order valence-corrected chi connectivity index (χ1v) is 8.61. The fourth-order valence-electron chi connectivity index (χ4n) is 2.66. The third kappa shape index (κ3) is 4.21. The number of hydrogen-bond acceptors (Lipinski definition) is 5. The molecule has 3 heterocycles. The van der Waals surface area contributed by atoms with Gasteiger partial charge in [-0.05, 0) is 44.8 Å². The highest BCUT2D eigenvalue weighted by molar-refractivity contribution is 5.71. The smallest absolute Gasteiger partial charge is 0.180 e. The normalized spacial score (nSPS) is 11.4. The van der Waals surface area contributed by atoms with Crippen LogP contribution in [0.2, 0.25) is 0 Å². The largest absolute Gasteiger partial charge is 0.493 e. The minimum absolute atomic E-state index is 0.778. The van der Waals surface area contributed by atoms with E-state index in [4.69, 9.17) is 4.74 Å². The number of rotatable bonds is 2. The Bertz CT molecular complexity index is 857. The molecule has 0 bridgehead atoms. The van der Waals surface area contributed by atoms with Crippen molar-refractivity contribution in [2.45, 2.75) is 13.3 Å². The topological polar surface area (TPSA) is 63.5 Å². The molecule has 0 amide bonds. The van der Waals surface area contributed by atoms with Gasteiger partial charge in [-0.15, -0.1) is 6.58 Å². The quantitative estimate of drug-likeness (QED) is 0.692. The van der Waals surface area contributed by atoms with E-state index in [0.29, 0.717) is 0 Å². The highest BCUT2D eigenvalue weighted by atomic mass is 16.5. The summed E-state index contributed by atoms with van der Waals surface area (Å²) in [6, 6.07) is 6.30. The van der Waals surface area contributed by atoms with Gasteiger partial charge in [-0.1, -0.05) is 6.08 Å². The van der Waals surface area contributed by atoms with Gasteiger partial charge in [0, 0.05) is 31.4 Å². The molecule has 0 spiro atoms. The molecule has 6 nitrogen and oxygen atoms in total. The summed E-state index contributed by atoms with van der Waals surface area (Å²) in [5.41, 5.74) is 4.31. The van der Waals surface area contributed by atoms with Crippen LogP contribution in [0.4, 0.5) is 5.82 Å². The van der Waals surface area contributed by atoms with Gasteiger partial charge in [-0.25, -0.2) is 9.97 Å². The summed E-state index contributed by atoms with van der Waals surface area (Å²) < 4.78 is 7.60. The van der Waals surface area contributed by atoms with Crippen LogP contribution in [0.15, 0.2) is 49.4 Å². The Labute approximate surface area is 154 Å². The van der Waals surface area contributed by atoms with Crippen molar-refractivity contribution < 1.29 is 4.74 Å². The number of benzene rings is 1. The van der Waals surface area contributed by atoms with E-state index in [-0.39, 0.29) is 0 Å². The Morgan fingerprint density at radius 2 is 1.96 bits per heavy atom. The lowest BCUT2D eigenvalue weighted by Gasteiger charge is -2.06. The van der Waals surface area contributed by atoms with Gasteiger partial charge in [0.1, 0.15) is 5.75 Å². The zero-order valence-corrected chi connectivity index (χ0v) is 15.9. The van der Waals surface area contributed by atoms with Crippen molar-refractivity contribution in [3.8, 4) is 17.0 Å². The molecule has 26 heavy (non-hydrogen) atoms. The fourth-order valence-corrected chi connectivity index (χ4v) is 2.66. The third-order valence-electron chi connectivity index (χ3n) is 3.65. The number of ether oxygens (including phenoxy) is 1. The van der Waals surface area contributed by atoms with Crippen LogP contribution in [-0.4, -0.2) is 42.1 Å². The number of aromatic nitrogens is 3. The molecule has 0 atom stereocenters. The summed E-state index contributed by atoms with van der Waals surface area (Å²) in [5, 5.41) is 5.81. The SMILES string of the molecule is C=CC.CNC.CNc1nccn2c(-c3ccc4c(c3)CCO4)cnc12. The van der Waals surface area contributed by atoms with Crippen molar-refractivity contribution in [1.82, 2.24) is 19.7 Å². The molecular weight excluding hydrogens is 326 g/mol. The van der Waals surface area contributed by atoms with Crippen LogP contribution in [0.5, 0.6) is 5.75 Å². The summed E-state index contributed by atoms with van der Waals surface area (Å²) in [6.45, 7) is 6.03. The second kappa shape index (κ2) is 9.58. The van der Waals surface area contributed by atoms with Gasteiger partial charge in [-0.3, -0.25) is 4.40 Å². The predicted molar refractivity (Wildman–Crippen MR) is 108 cm³/mol. The van der Waals surface area contributed by atoms with E-state index < -0.39 is 0 Å². The van der Waals surface area contributed by atoms with Crippen molar-refractivity contribution in [2.24, 2.45) is 0 Å². The van der Waals surface area contributed by atoms with E-state index >= 15 is 0 Å². The van der Waals surface area contributed by atoms with Crippen LogP contribution >= 0.6 is 0 Å². The minimum Gasteiger partial charge on any atom is -0.493 e. The van der Waals surface area contributed by atoms with Crippen LogP contribution in [0.3, 0.4) is 0 Å². The van der Waals surface area contributed by atoms with Gasteiger partial charge in [0.25, 0.3) is 0 Å². The molecule has 2 aromatic heterocycles. The number of nitrogens with zero attached hydrogens (tertiary/aromatic N) is 3. The van der Waals surface area contributed by atoms with Gasteiger partial charge < -0.3 is 15.4 Å². The lowest BCUT2D eigenvalue weighted by atomic mass is 10.1. The van der Waals surface area contributed by atoms with Crippen molar-refractivity contribution in [3.63, 3.8) is 0 Å². The van der Waals surface area contributed by atoms with E-state index in [1.165, 1.54) is 5.56 Å². The number of anilines is 1. The van der Waals surface area contributed by atoms with Crippen LogP contribution in [-0.2, 0) is 6.42 Å². The summed E-state index contributed by atoms with van der Waals surface area (Å²) >= 11 is 0. The third-order valence-corrected chi connectivity index (χ3v) is 3.65. The van der Waals surface area contributed by atoms with Gasteiger partial charge >= 0.3 is 0 Å². The molecule has 0 unspecified atom stereocenters. The number of fused-ring (bicyclic) bond motifs is 2. The molecule has 3 aromatic rings. The first kappa shape index (κ1) is 19.5. The maximum atomic E-state index is 5.55. The zero-order valence-electron chi connectivity index (χ0n) is 15.9. The van der Waals surface area contributed by atoms with Crippen LogP contribution < -0.4 is 15.4 Å². The lowest BCUT2D eigenvalue weighted by molar-refractivity contribution is 0.357. The van der Waals surface area contributed by atoms with Crippen molar-refractivity contribution >= 4 is 11.5 Å². The number of hydrogen-bond donors (Lipinski definition) is 2. The molecule has 6 heteroatoms. The zero-order chi connectivity index (χ0) is 18.9. The van der Waals surface area contributed by atoms with E-state index in [0.717, 1.165) is 41.5 Å². The first-order chi connectivity index (χ1) is 12.7. The highest BCUT2D eigenvalue weighted by Crippen LogP contribution is 2.31. The van der Waals surface area contributed by atoms with Gasteiger partial charge in [0.05, 0.1) is 18.5 Å². The molecule has 0 radical (unpaired) electrons. The molecular formula is C20H27N5O. The van der Waals surface area contributed by atoms with Crippen LogP contribution in [0.1, 0.15) is 12.5 Å². The monoisotopic (exact) mass is 353 g/mol. The highest BCUT2D eigenvalue weighted by Gasteiger charge is 2.15. The maximum absolute atomic E-state index is 5.55. The first-order valence-electron chi connectivity index (χ1n) is 8.61. The molecule has 1 aromatic carbocycles. The second-order valence-corrected chi connectivity index (χ2v) is 5.69. The Balaban J connectivity index is 0.000000361. The van der Waals surface area contributed by atoms with E-state index in [1.807, 2.05) is 46.5 Å². The summed E-state index contributed by atoms with van der Waals surface area (Å²) in [4.78, 5) is 8.74. The van der Waals surface area contributed by atoms with E-state index in [2.05, 4.69) is 43.7 Å². The molecule has 1 aliphatic rings. The molecule has 0 aliphatic carbocycles. The number of nitrogens with one attached hydrogen (secondary N) is 2. The van der Waals surface area contributed by atoms with Crippen LogP contribution in [0, 0.1) is 0 Å². The predicted octanol–water partition coefficient (Wildman–Crippen LogP) is 3.40. The van der Waals surface area contributed by atoms with Gasteiger partial charge in [0.15, 0.2) is 11.5 Å². The van der Waals surface area contributed by atoms with Crippen molar-refractivity contribution in [2.75, 3.05) is 33.1 Å². The minimum atomic E-state index is 0.778. The number of allylic oxidation sites excluding steroid dienone is 1. The summed E-state index contributed by atoms with van der Waals surface area (Å²) in [5.74, 6) is 1.78. The summed E-state index contributed by atoms with van der Waals surface area (Å²) in [6.07, 6.45) is 8.32. The summed E-state index contributed by atoms with van der Waals surface area (Å²) in [7, 11) is 5.60. The molecule has 1 aliphatic heterocycles. The standard InChI is InChI=1S/C15H14N4O.C3H6.C2H7N/c1-16-14-15-18-9-12(19(15)6-5-17-14)10-2-3-13-11(8-10)4-7-20-13;2*1-3-2/h2-3,5-6,8-9H,4,7H2,1H3,(H,16,17);3H,1H2,2H3;3H,1-2H3. The molecule has 0 saturated heterocycles. The molecule has 4 rings (SSSR count). The van der Waals surface area contributed by atoms with Crippen molar-refractivity contribution in [1.29, 1.82) is 0 Å². The maximum Gasteiger partial charge on any atom is 0.180 e. The molecule has 138 valence electrons. The average molecular weight is 353 g/mol. The molecule has 2 N–H and O–H groups in total. The number of imidazole rings is 1. The molecule has 0 fully saturated rings. The van der Waals surface area contributed by atoms with E-state index in [9.17, 15) is 0 Å². The van der Waals surface area contributed by atoms with Gasteiger partial charge in [0.2, 0.25) is 0 Å². The second-order valence-electron chi connectivity index (χ2n) is 5.69. The van der Waals surface area contributed by atoms with Gasteiger partial charge in [-0.2, -0.15) is 0 Å². The van der Waals surface area contributed by atoms with Crippen LogP contribution in [0.25, 0.3) is 16.9 Å². The molecule has 0 saturated carbocycles. The fraction of sp³-hybridized carbons (Fsp3) is 0.300. The Hall–Kier alpha value is -2.86. The lowest BCUT2D eigenvalue weighted by Crippen LogP contribution is -1.97. The average Bonchev–Trinajstić information content (AvgIpc) is 3.28. The Morgan fingerprint density at radius 1 is 1.23 bits per heavy atom. The Kier molecular flexibility index (Phi) is 7.17. The van der Waals surface area contributed by atoms with E-state index in [1.54, 1.807) is 12.3 Å².